The number of hydrogen-bond acceptors (Lipinski definition) is 3. The highest BCUT2D eigenvalue weighted by Gasteiger charge is 2.29. The van der Waals surface area contributed by atoms with Gasteiger partial charge >= 0.3 is 0 Å². The lowest BCUT2D eigenvalue weighted by Gasteiger charge is -2.36. The molecule has 1 atom stereocenters. The molecule has 114 valence electrons. The lowest BCUT2D eigenvalue weighted by Crippen LogP contribution is -2.48. The van der Waals surface area contributed by atoms with Gasteiger partial charge < -0.3 is 10.2 Å². The Bertz CT molecular complexity index is 678. The second kappa shape index (κ2) is 6.65. The van der Waals surface area contributed by atoms with E-state index < -0.39 is 0 Å². The number of halogens is 2. The van der Waals surface area contributed by atoms with Gasteiger partial charge in [0.2, 0.25) is 0 Å². The molecule has 1 aromatic heterocycles. The highest BCUT2D eigenvalue weighted by Crippen LogP contribution is 2.27. The first-order valence-electron chi connectivity index (χ1n) is 7.03. The first-order chi connectivity index (χ1) is 10.7. The van der Waals surface area contributed by atoms with Gasteiger partial charge in [-0.3, -0.25) is 9.78 Å². The van der Waals surface area contributed by atoms with Crippen LogP contribution in [0.1, 0.15) is 22.0 Å². The fourth-order valence-electron chi connectivity index (χ4n) is 2.64. The number of pyridine rings is 1. The molecule has 1 fully saturated rings. The van der Waals surface area contributed by atoms with E-state index in [-0.39, 0.29) is 11.9 Å². The zero-order valence-electron chi connectivity index (χ0n) is 11.8. The fourth-order valence-corrected chi connectivity index (χ4v) is 3.13. The van der Waals surface area contributed by atoms with Gasteiger partial charge in [0.1, 0.15) is 0 Å². The zero-order valence-corrected chi connectivity index (χ0v) is 13.3. The van der Waals surface area contributed by atoms with Gasteiger partial charge in [0, 0.05) is 37.1 Å². The molecule has 1 N–H and O–H groups in total. The summed E-state index contributed by atoms with van der Waals surface area (Å²) in [5.74, 6) is -0.0861. The third kappa shape index (κ3) is 3.09. The Hall–Kier alpha value is -1.62. The van der Waals surface area contributed by atoms with Gasteiger partial charge in [0.15, 0.2) is 0 Å². The van der Waals surface area contributed by atoms with Gasteiger partial charge in [-0.2, -0.15) is 0 Å². The van der Waals surface area contributed by atoms with Crippen LogP contribution in [0.15, 0.2) is 42.7 Å². The summed E-state index contributed by atoms with van der Waals surface area (Å²) in [6.07, 6.45) is 3.52. The highest BCUT2D eigenvalue weighted by atomic mass is 35.5. The Balaban J connectivity index is 1.92. The van der Waals surface area contributed by atoms with Crippen molar-refractivity contribution in [1.29, 1.82) is 0 Å². The third-order valence-electron chi connectivity index (χ3n) is 3.73. The molecule has 0 aliphatic carbocycles. The third-order valence-corrected chi connectivity index (χ3v) is 4.28. The van der Waals surface area contributed by atoms with E-state index in [0.717, 1.165) is 12.1 Å². The minimum Gasteiger partial charge on any atom is -0.329 e. The van der Waals surface area contributed by atoms with Crippen molar-refractivity contribution in [3.63, 3.8) is 0 Å². The van der Waals surface area contributed by atoms with E-state index in [0.29, 0.717) is 28.7 Å². The average molecular weight is 336 g/mol. The van der Waals surface area contributed by atoms with Crippen molar-refractivity contribution < 1.29 is 4.79 Å². The number of carbonyl (C=O) groups excluding carboxylic acids is 1. The number of nitrogens with one attached hydrogen (secondary N) is 1. The normalized spacial score (nSPS) is 18.3. The number of amides is 1. The van der Waals surface area contributed by atoms with Crippen LogP contribution >= 0.6 is 23.2 Å². The molecule has 1 saturated heterocycles. The molecule has 4 nitrogen and oxygen atoms in total. The van der Waals surface area contributed by atoms with Gasteiger partial charge in [-0.05, 0) is 29.8 Å². The Kier molecular flexibility index (Phi) is 4.62. The van der Waals surface area contributed by atoms with Gasteiger partial charge in [-0.1, -0.05) is 29.3 Å². The minimum atomic E-state index is -0.0861. The lowest BCUT2D eigenvalue weighted by molar-refractivity contribution is 0.0634. The largest absolute Gasteiger partial charge is 0.329 e. The van der Waals surface area contributed by atoms with Crippen molar-refractivity contribution in [2.75, 3.05) is 19.6 Å². The van der Waals surface area contributed by atoms with Crippen molar-refractivity contribution >= 4 is 29.1 Å². The first kappa shape index (κ1) is 15.3. The number of hydrogen-bond donors (Lipinski definition) is 1. The van der Waals surface area contributed by atoms with Crippen molar-refractivity contribution in [3.8, 4) is 0 Å². The molecule has 0 saturated carbocycles. The Morgan fingerprint density at radius 1 is 1.32 bits per heavy atom. The lowest BCUT2D eigenvalue weighted by atomic mass is 10.0. The van der Waals surface area contributed by atoms with E-state index in [4.69, 9.17) is 23.2 Å². The number of benzene rings is 1. The number of carbonyl (C=O) groups is 1. The maximum absolute atomic E-state index is 12.9. The van der Waals surface area contributed by atoms with E-state index in [1.165, 1.54) is 0 Å². The molecule has 6 heteroatoms. The topological polar surface area (TPSA) is 45.2 Å². The van der Waals surface area contributed by atoms with Crippen LogP contribution in [0.5, 0.6) is 0 Å². The predicted molar refractivity (Wildman–Crippen MR) is 87.3 cm³/mol. The summed E-state index contributed by atoms with van der Waals surface area (Å²) in [5.41, 5.74) is 1.48. The predicted octanol–water partition coefficient (Wildman–Crippen LogP) is 3.18. The van der Waals surface area contributed by atoms with Crippen LogP contribution < -0.4 is 5.32 Å². The molecular formula is C16H15Cl2N3O. The molecule has 1 aromatic carbocycles. The summed E-state index contributed by atoms with van der Waals surface area (Å²) in [5, 5.41) is 4.21. The molecule has 3 rings (SSSR count). The Morgan fingerprint density at radius 3 is 2.91 bits per heavy atom. The van der Waals surface area contributed by atoms with Gasteiger partial charge in [0.05, 0.1) is 16.6 Å². The van der Waals surface area contributed by atoms with Crippen LogP contribution in [0, 0.1) is 0 Å². The summed E-state index contributed by atoms with van der Waals surface area (Å²) in [7, 11) is 0. The summed E-state index contributed by atoms with van der Waals surface area (Å²) in [6, 6.07) is 8.76. The number of rotatable bonds is 2. The molecule has 22 heavy (non-hydrogen) atoms. The number of aromatic nitrogens is 1. The summed E-state index contributed by atoms with van der Waals surface area (Å²) < 4.78 is 0. The minimum absolute atomic E-state index is 0.0540. The van der Waals surface area contributed by atoms with E-state index in [1.54, 1.807) is 30.6 Å². The maximum atomic E-state index is 12.9. The summed E-state index contributed by atoms with van der Waals surface area (Å²) >= 11 is 12.1. The molecule has 1 amide bonds. The monoisotopic (exact) mass is 335 g/mol. The number of nitrogens with zero attached hydrogens (tertiary/aromatic N) is 2. The van der Waals surface area contributed by atoms with Crippen molar-refractivity contribution in [1.82, 2.24) is 15.2 Å². The van der Waals surface area contributed by atoms with Crippen LogP contribution in [-0.4, -0.2) is 35.4 Å². The molecule has 2 aromatic rings. The van der Waals surface area contributed by atoms with Crippen molar-refractivity contribution in [2.45, 2.75) is 6.04 Å². The number of piperazine rings is 1. The molecule has 1 aliphatic rings. The van der Waals surface area contributed by atoms with Crippen LogP contribution in [0.25, 0.3) is 0 Å². The van der Waals surface area contributed by atoms with Crippen LogP contribution in [0.4, 0.5) is 0 Å². The van der Waals surface area contributed by atoms with E-state index in [1.807, 2.05) is 17.0 Å². The van der Waals surface area contributed by atoms with Crippen LogP contribution in [0.2, 0.25) is 10.0 Å². The second-order valence-corrected chi connectivity index (χ2v) is 5.97. The first-order valence-corrected chi connectivity index (χ1v) is 7.79. The molecule has 1 unspecified atom stereocenters. The molecule has 1 aliphatic heterocycles. The zero-order chi connectivity index (χ0) is 15.5. The fraction of sp³-hybridized carbons (Fsp3) is 0.250. The van der Waals surface area contributed by atoms with E-state index in [9.17, 15) is 4.79 Å². The van der Waals surface area contributed by atoms with Gasteiger partial charge in [-0.15, -0.1) is 0 Å². The van der Waals surface area contributed by atoms with E-state index in [2.05, 4.69) is 10.3 Å². The van der Waals surface area contributed by atoms with Crippen molar-refractivity contribution in [3.05, 3.63) is 63.9 Å². The Morgan fingerprint density at radius 2 is 2.18 bits per heavy atom. The standard InChI is InChI=1S/C16H15Cl2N3O/c17-12-3-4-13(14(18)8-12)16(22)21-7-6-20-10-15(21)11-2-1-5-19-9-11/h1-5,8-9,15,20H,6-7,10H2. The SMILES string of the molecule is O=C(c1ccc(Cl)cc1Cl)N1CCNCC1c1cccnc1. The summed E-state index contributed by atoms with van der Waals surface area (Å²) in [6.45, 7) is 2.08. The Labute approximate surface area is 139 Å². The molecule has 0 radical (unpaired) electrons. The quantitative estimate of drug-likeness (QED) is 0.916. The smallest absolute Gasteiger partial charge is 0.255 e. The molecular weight excluding hydrogens is 321 g/mol. The van der Waals surface area contributed by atoms with Crippen molar-refractivity contribution in [2.24, 2.45) is 0 Å². The van der Waals surface area contributed by atoms with Gasteiger partial charge in [-0.25, -0.2) is 0 Å². The molecule has 2 heterocycles. The molecule has 0 bridgehead atoms. The summed E-state index contributed by atoms with van der Waals surface area (Å²) in [4.78, 5) is 18.8. The average Bonchev–Trinajstić information content (AvgIpc) is 2.55. The second-order valence-electron chi connectivity index (χ2n) is 5.13. The van der Waals surface area contributed by atoms with Crippen LogP contribution in [-0.2, 0) is 0 Å². The van der Waals surface area contributed by atoms with E-state index >= 15 is 0 Å². The molecule has 0 spiro atoms. The van der Waals surface area contributed by atoms with Crippen LogP contribution in [0.3, 0.4) is 0 Å². The van der Waals surface area contributed by atoms with Gasteiger partial charge in [0.25, 0.3) is 5.91 Å². The maximum Gasteiger partial charge on any atom is 0.255 e. The highest BCUT2D eigenvalue weighted by molar-refractivity contribution is 6.36.